The lowest BCUT2D eigenvalue weighted by atomic mass is 10.1. The number of imidazole rings is 1. The quantitative estimate of drug-likeness (QED) is 0.550. The Kier molecular flexibility index (Phi) is 1.53. The van der Waals surface area contributed by atoms with Crippen molar-refractivity contribution in [1.82, 2.24) is 9.55 Å². The second-order valence-electron chi connectivity index (χ2n) is 2.86. The summed E-state index contributed by atoms with van der Waals surface area (Å²) in [5.41, 5.74) is 1.39. The highest BCUT2D eigenvalue weighted by molar-refractivity contribution is 5.60. The number of aryl methyl sites for hydroxylation is 1. The molecule has 2 rings (SSSR count). The van der Waals surface area contributed by atoms with E-state index in [2.05, 4.69) is 28.7 Å². The molecule has 0 N–H and O–H groups in total. The maximum absolute atomic E-state index is 4.30. The van der Waals surface area contributed by atoms with Gasteiger partial charge in [0.05, 0.1) is 0 Å². The highest BCUT2D eigenvalue weighted by Crippen LogP contribution is 2.23. The summed E-state index contributed by atoms with van der Waals surface area (Å²) in [5.74, 6) is 1.17. The van der Waals surface area contributed by atoms with Crippen LogP contribution < -0.4 is 0 Å². The van der Waals surface area contributed by atoms with Crippen molar-refractivity contribution in [3.05, 3.63) is 24.3 Å². The van der Waals surface area contributed by atoms with E-state index < -0.39 is 0 Å². The fraction of sp³-hybridized carbons (Fsp3) is 0.444. The molecule has 0 unspecified atom stereocenters. The van der Waals surface area contributed by atoms with Crippen LogP contribution in [0.3, 0.4) is 0 Å². The molecule has 1 aliphatic rings. The van der Waals surface area contributed by atoms with E-state index in [4.69, 9.17) is 0 Å². The van der Waals surface area contributed by atoms with Crippen molar-refractivity contribution in [3.8, 4) is 0 Å². The summed E-state index contributed by atoms with van der Waals surface area (Å²) in [6.07, 6.45) is 8.54. The van der Waals surface area contributed by atoms with Gasteiger partial charge in [-0.1, -0.05) is 6.08 Å². The third kappa shape index (κ3) is 0.985. The van der Waals surface area contributed by atoms with Crippen molar-refractivity contribution in [3.63, 3.8) is 0 Å². The topological polar surface area (TPSA) is 17.8 Å². The van der Waals surface area contributed by atoms with Gasteiger partial charge in [0.2, 0.25) is 0 Å². The van der Waals surface area contributed by atoms with Crippen molar-refractivity contribution in [2.45, 2.75) is 26.3 Å². The molecule has 1 aromatic rings. The molecule has 0 aromatic carbocycles. The lowest BCUT2D eigenvalue weighted by Gasteiger charge is -2.15. The molecule has 0 saturated carbocycles. The maximum atomic E-state index is 4.30. The normalized spacial score (nSPS) is 20.3. The molecule has 0 amide bonds. The first kappa shape index (κ1) is 6.65. The molecule has 58 valence electrons. The van der Waals surface area contributed by atoms with Gasteiger partial charge in [0.15, 0.2) is 0 Å². The summed E-state index contributed by atoms with van der Waals surface area (Å²) in [6.45, 7) is 3.21. The Morgan fingerprint density at radius 3 is 3.36 bits per heavy atom. The van der Waals surface area contributed by atoms with Gasteiger partial charge in [-0.15, -0.1) is 0 Å². The van der Waals surface area contributed by atoms with Gasteiger partial charge >= 0.3 is 0 Å². The molecular formula is C9H12N2. The summed E-state index contributed by atoms with van der Waals surface area (Å²) < 4.78 is 2.22. The molecule has 1 aromatic heterocycles. The van der Waals surface area contributed by atoms with Crippen molar-refractivity contribution < 1.29 is 0 Å². The predicted octanol–water partition coefficient (Wildman–Crippen LogP) is 2.08. The fourth-order valence-corrected chi connectivity index (χ4v) is 1.60. The van der Waals surface area contributed by atoms with Gasteiger partial charge in [0.1, 0.15) is 5.82 Å². The Balaban J connectivity index is 2.48. The van der Waals surface area contributed by atoms with Crippen LogP contribution in [0.2, 0.25) is 0 Å². The van der Waals surface area contributed by atoms with Crippen LogP contribution in [0.1, 0.15) is 25.6 Å². The van der Waals surface area contributed by atoms with E-state index in [1.165, 1.54) is 24.2 Å². The van der Waals surface area contributed by atoms with Gasteiger partial charge < -0.3 is 4.57 Å². The number of allylic oxidation sites excluding steroid dienone is 2. The molecule has 2 heterocycles. The van der Waals surface area contributed by atoms with Gasteiger partial charge in [-0.25, -0.2) is 4.98 Å². The lowest BCUT2D eigenvalue weighted by Crippen LogP contribution is -2.08. The zero-order valence-corrected chi connectivity index (χ0v) is 6.75. The van der Waals surface area contributed by atoms with E-state index in [1.54, 1.807) is 0 Å². The third-order valence-corrected chi connectivity index (χ3v) is 2.20. The highest BCUT2D eigenvalue weighted by atomic mass is 15.1. The van der Waals surface area contributed by atoms with Crippen LogP contribution in [0.25, 0.3) is 5.57 Å². The Hall–Kier alpha value is -1.05. The van der Waals surface area contributed by atoms with Crippen molar-refractivity contribution in [2.24, 2.45) is 0 Å². The molecular weight excluding hydrogens is 136 g/mol. The van der Waals surface area contributed by atoms with Gasteiger partial charge in [-0.05, 0) is 25.3 Å². The van der Waals surface area contributed by atoms with Crippen LogP contribution >= 0.6 is 0 Å². The summed E-state index contributed by atoms with van der Waals surface area (Å²) in [7, 11) is 0. The van der Waals surface area contributed by atoms with Crippen LogP contribution in [0.5, 0.6) is 0 Å². The van der Waals surface area contributed by atoms with Crippen molar-refractivity contribution in [2.75, 3.05) is 0 Å². The minimum Gasteiger partial charge on any atom is -0.331 e. The van der Waals surface area contributed by atoms with E-state index in [9.17, 15) is 0 Å². The number of fused-ring (bicyclic) bond motifs is 1. The third-order valence-electron chi connectivity index (χ3n) is 2.20. The molecule has 11 heavy (non-hydrogen) atoms. The van der Waals surface area contributed by atoms with Gasteiger partial charge in [0.25, 0.3) is 0 Å². The first-order chi connectivity index (χ1) is 5.42. The minimum atomic E-state index is 1.13. The zero-order chi connectivity index (χ0) is 7.68. The number of nitrogens with zero attached hydrogens (tertiary/aromatic N) is 2. The van der Waals surface area contributed by atoms with Crippen LogP contribution in [0.15, 0.2) is 18.5 Å². The average Bonchev–Trinajstić information content (AvgIpc) is 2.50. The van der Waals surface area contributed by atoms with E-state index in [0.29, 0.717) is 0 Å². The Bertz CT molecular complexity index is 284. The summed E-state index contributed by atoms with van der Waals surface area (Å²) in [4.78, 5) is 4.30. The Morgan fingerprint density at radius 1 is 1.64 bits per heavy atom. The van der Waals surface area contributed by atoms with Crippen LogP contribution in [-0.4, -0.2) is 9.55 Å². The van der Waals surface area contributed by atoms with Crippen LogP contribution in [0.4, 0.5) is 0 Å². The van der Waals surface area contributed by atoms with Crippen LogP contribution in [0, 0.1) is 0 Å². The molecule has 2 nitrogen and oxygen atoms in total. The number of hydrogen-bond donors (Lipinski definition) is 0. The number of aromatic nitrogens is 2. The zero-order valence-electron chi connectivity index (χ0n) is 6.75. The minimum absolute atomic E-state index is 1.13. The van der Waals surface area contributed by atoms with E-state index in [1.807, 2.05) is 6.20 Å². The van der Waals surface area contributed by atoms with E-state index >= 15 is 0 Å². The molecule has 1 aliphatic heterocycles. The Morgan fingerprint density at radius 2 is 2.55 bits per heavy atom. The largest absolute Gasteiger partial charge is 0.331 e. The molecule has 0 aliphatic carbocycles. The standard InChI is InChI=1S/C9H12N2/c1-2-8-4-3-6-11-7-5-10-9(8)11/h2,5,7H,3-4,6H2,1H3/b8-2-. The predicted molar refractivity (Wildman–Crippen MR) is 45.1 cm³/mol. The van der Waals surface area contributed by atoms with Crippen molar-refractivity contribution in [1.29, 1.82) is 0 Å². The monoisotopic (exact) mass is 148 g/mol. The molecule has 0 radical (unpaired) electrons. The molecule has 0 bridgehead atoms. The lowest BCUT2D eigenvalue weighted by molar-refractivity contribution is 0.612. The second kappa shape index (κ2) is 2.53. The summed E-state index contributed by atoms with van der Waals surface area (Å²) >= 11 is 0. The fourth-order valence-electron chi connectivity index (χ4n) is 1.60. The van der Waals surface area contributed by atoms with Gasteiger partial charge in [0, 0.05) is 18.9 Å². The summed E-state index contributed by atoms with van der Waals surface area (Å²) in [6, 6.07) is 0. The highest BCUT2D eigenvalue weighted by Gasteiger charge is 2.12. The SMILES string of the molecule is C/C=C1/CCCn2ccnc21. The maximum Gasteiger partial charge on any atom is 0.135 e. The van der Waals surface area contributed by atoms with Crippen LogP contribution in [-0.2, 0) is 6.54 Å². The van der Waals surface area contributed by atoms with E-state index in [0.717, 1.165) is 6.54 Å². The van der Waals surface area contributed by atoms with E-state index in [-0.39, 0.29) is 0 Å². The summed E-state index contributed by atoms with van der Waals surface area (Å²) in [5, 5.41) is 0. The van der Waals surface area contributed by atoms with Crippen molar-refractivity contribution >= 4 is 5.57 Å². The van der Waals surface area contributed by atoms with Gasteiger partial charge in [-0.2, -0.15) is 0 Å². The molecule has 0 spiro atoms. The molecule has 2 heteroatoms. The second-order valence-corrected chi connectivity index (χ2v) is 2.86. The van der Waals surface area contributed by atoms with Gasteiger partial charge in [-0.3, -0.25) is 0 Å². The number of rotatable bonds is 0. The smallest absolute Gasteiger partial charge is 0.135 e. The first-order valence-electron chi connectivity index (χ1n) is 4.08. The first-order valence-corrected chi connectivity index (χ1v) is 4.08. The average molecular weight is 148 g/mol. The molecule has 0 saturated heterocycles. The molecule has 0 atom stereocenters. The molecule has 0 fully saturated rings. The number of hydrogen-bond acceptors (Lipinski definition) is 1. The Labute approximate surface area is 66.6 Å².